The largest absolute Gasteiger partial charge is 0.388 e. The lowest BCUT2D eigenvalue weighted by atomic mass is 10.1. The van der Waals surface area contributed by atoms with Gasteiger partial charge in [0.25, 0.3) is 0 Å². The Morgan fingerprint density at radius 2 is 1.90 bits per heavy atom. The van der Waals surface area contributed by atoms with Gasteiger partial charge >= 0.3 is 0 Å². The normalized spacial score (nSPS) is 20.9. The SMILES string of the molecule is CNc1cc(C)c(S(=O)(=O)N2CCOCC2C)c(C)c1. The monoisotopic (exact) mass is 298 g/mol. The number of hydrogen-bond acceptors (Lipinski definition) is 4. The highest BCUT2D eigenvalue weighted by molar-refractivity contribution is 7.89. The van der Waals surface area contributed by atoms with Crippen molar-refractivity contribution in [2.45, 2.75) is 31.7 Å². The van der Waals surface area contributed by atoms with E-state index in [0.29, 0.717) is 24.7 Å². The van der Waals surface area contributed by atoms with E-state index in [1.54, 1.807) is 4.31 Å². The van der Waals surface area contributed by atoms with Crippen LogP contribution >= 0.6 is 0 Å². The van der Waals surface area contributed by atoms with Crippen molar-refractivity contribution in [2.24, 2.45) is 0 Å². The molecule has 0 bridgehead atoms. The number of morpholine rings is 1. The highest BCUT2D eigenvalue weighted by atomic mass is 32.2. The number of sulfonamides is 1. The van der Waals surface area contributed by atoms with Gasteiger partial charge in [0.1, 0.15) is 0 Å². The summed E-state index contributed by atoms with van der Waals surface area (Å²) in [4.78, 5) is 0.422. The Labute approximate surface area is 121 Å². The van der Waals surface area contributed by atoms with Gasteiger partial charge in [0.05, 0.1) is 18.1 Å². The molecular formula is C14H22N2O3S. The van der Waals surface area contributed by atoms with Crippen LogP contribution in [0, 0.1) is 13.8 Å². The van der Waals surface area contributed by atoms with Crippen molar-refractivity contribution in [1.29, 1.82) is 0 Å². The lowest BCUT2D eigenvalue weighted by Crippen LogP contribution is -2.47. The summed E-state index contributed by atoms with van der Waals surface area (Å²) in [6.07, 6.45) is 0. The van der Waals surface area contributed by atoms with E-state index in [2.05, 4.69) is 5.32 Å². The summed E-state index contributed by atoms with van der Waals surface area (Å²) in [7, 11) is -1.65. The third-order valence-corrected chi connectivity index (χ3v) is 5.94. The van der Waals surface area contributed by atoms with Crippen LogP contribution in [0.15, 0.2) is 17.0 Å². The Kier molecular flexibility index (Phi) is 4.36. The Hall–Kier alpha value is -1.11. The lowest BCUT2D eigenvalue weighted by Gasteiger charge is -2.33. The zero-order valence-corrected chi connectivity index (χ0v) is 13.3. The zero-order chi connectivity index (χ0) is 14.9. The summed E-state index contributed by atoms with van der Waals surface area (Å²) in [5.74, 6) is 0. The van der Waals surface area contributed by atoms with Crippen LogP contribution < -0.4 is 5.32 Å². The van der Waals surface area contributed by atoms with Gasteiger partial charge < -0.3 is 10.1 Å². The molecule has 2 rings (SSSR count). The third-order valence-electron chi connectivity index (χ3n) is 3.62. The van der Waals surface area contributed by atoms with Crippen LogP contribution in [0.1, 0.15) is 18.1 Å². The predicted molar refractivity (Wildman–Crippen MR) is 79.6 cm³/mol. The quantitative estimate of drug-likeness (QED) is 0.923. The van der Waals surface area contributed by atoms with Gasteiger partial charge in [-0.3, -0.25) is 0 Å². The first-order chi connectivity index (χ1) is 9.37. The molecule has 1 fully saturated rings. The molecule has 0 saturated carbocycles. The number of aryl methyl sites for hydroxylation is 2. The van der Waals surface area contributed by atoms with Crippen molar-refractivity contribution in [2.75, 3.05) is 32.1 Å². The smallest absolute Gasteiger partial charge is 0.244 e. The summed E-state index contributed by atoms with van der Waals surface area (Å²) >= 11 is 0. The molecule has 1 aromatic carbocycles. The predicted octanol–water partition coefficient (Wildman–Crippen LogP) is 1.75. The Morgan fingerprint density at radius 1 is 1.30 bits per heavy atom. The van der Waals surface area contributed by atoms with Gasteiger partial charge in [-0.15, -0.1) is 0 Å². The van der Waals surface area contributed by atoms with Crippen LogP contribution in [-0.4, -0.2) is 45.6 Å². The average molecular weight is 298 g/mol. The minimum Gasteiger partial charge on any atom is -0.388 e. The first-order valence-corrected chi connectivity index (χ1v) is 8.20. The summed E-state index contributed by atoms with van der Waals surface area (Å²) in [6, 6.07) is 3.60. The summed E-state index contributed by atoms with van der Waals surface area (Å²) in [6.45, 7) is 6.87. The fourth-order valence-corrected chi connectivity index (χ4v) is 4.70. The van der Waals surface area contributed by atoms with Gasteiger partial charge in [0, 0.05) is 25.3 Å². The van der Waals surface area contributed by atoms with E-state index >= 15 is 0 Å². The maximum atomic E-state index is 12.9. The minimum absolute atomic E-state index is 0.128. The highest BCUT2D eigenvalue weighted by Gasteiger charge is 2.33. The Bertz CT molecular complexity index is 575. The molecular weight excluding hydrogens is 276 g/mol. The lowest BCUT2D eigenvalue weighted by molar-refractivity contribution is 0.0392. The van der Waals surface area contributed by atoms with Crippen LogP contribution in [0.4, 0.5) is 5.69 Å². The Balaban J connectivity index is 2.49. The van der Waals surface area contributed by atoms with Gasteiger partial charge in [-0.2, -0.15) is 4.31 Å². The molecule has 20 heavy (non-hydrogen) atoms. The molecule has 1 heterocycles. The topological polar surface area (TPSA) is 58.6 Å². The highest BCUT2D eigenvalue weighted by Crippen LogP contribution is 2.28. The molecule has 0 spiro atoms. The Morgan fingerprint density at radius 3 is 2.40 bits per heavy atom. The van der Waals surface area contributed by atoms with Crippen molar-refractivity contribution in [3.8, 4) is 0 Å². The number of anilines is 1. The van der Waals surface area contributed by atoms with E-state index in [4.69, 9.17) is 4.74 Å². The van der Waals surface area contributed by atoms with Gasteiger partial charge in [-0.1, -0.05) is 0 Å². The molecule has 1 N–H and O–H groups in total. The first-order valence-electron chi connectivity index (χ1n) is 6.76. The zero-order valence-electron chi connectivity index (χ0n) is 12.4. The van der Waals surface area contributed by atoms with Crippen molar-refractivity contribution in [1.82, 2.24) is 4.31 Å². The fraction of sp³-hybridized carbons (Fsp3) is 0.571. The molecule has 112 valence electrons. The van der Waals surface area contributed by atoms with Gasteiger partial charge in [-0.05, 0) is 44.0 Å². The first kappa shape index (κ1) is 15.3. The molecule has 0 aromatic heterocycles. The van der Waals surface area contributed by atoms with Crippen LogP contribution in [0.25, 0.3) is 0 Å². The van der Waals surface area contributed by atoms with Crippen LogP contribution in [0.2, 0.25) is 0 Å². The van der Waals surface area contributed by atoms with Gasteiger partial charge in [0.15, 0.2) is 0 Å². The van der Waals surface area contributed by atoms with E-state index in [1.807, 2.05) is 40.0 Å². The molecule has 0 radical (unpaired) electrons. The second-order valence-corrected chi connectivity index (χ2v) is 7.06. The van der Waals surface area contributed by atoms with Crippen molar-refractivity contribution in [3.05, 3.63) is 23.3 Å². The molecule has 1 atom stereocenters. The molecule has 1 aliphatic rings. The fourth-order valence-electron chi connectivity index (χ4n) is 2.69. The molecule has 1 aliphatic heterocycles. The molecule has 1 aromatic rings. The summed E-state index contributed by atoms with van der Waals surface area (Å²) in [5.41, 5.74) is 2.47. The molecule has 1 saturated heterocycles. The van der Waals surface area contributed by atoms with E-state index in [1.165, 1.54) is 0 Å². The van der Waals surface area contributed by atoms with Crippen molar-refractivity contribution in [3.63, 3.8) is 0 Å². The minimum atomic E-state index is -3.47. The molecule has 0 amide bonds. The third kappa shape index (κ3) is 2.68. The van der Waals surface area contributed by atoms with Crippen LogP contribution in [-0.2, 0) is 14.8 Å². The molecule has 0 aliphatic carbocycles. The molecule has 5 nitrogen and oxygen atoms in total. The second-order valence-electron chi connectivity index (χ2n) is 5.23. The average Bonchev–Trinajstić information content (AvgIpc) is 2.37. The number of benzene rings is 1. The van der Waals surface area contributed by atoms with Crippen molar-refractivity contribution < 1.29 is 13.2 Å². The van der Waals surface area contributed by atoms with Gasteiger partial charge in [-0.25, -0.2) is 8.42 Å². The van der Waals surface area contributed by atoms with E-state index in [0.717, 1.165) is 16.8 Å². The van der Waals surface area contributed by atoms with E-state index < -0.39 is 10.0 Å². The number of hydrogen-bond donors (Lipinski definition) is 1. The van der Waals surface area contributed by atoms with E-state index in [-0.39, 0.29) is 6.04 Å². The number of ether oxygens (including phenoxy) is 1. The summed E-state index contributed by atoms with van der Waals surface area (Å²) < 4.78 is 32.6. The standard InChI is InChI=1S/C14H22N2O3S/c1-10-7-13(15-4)8-11(2)14(10)20(17,18)16-5-6-19-9-12(16)3/h7-8,12,15H,5-6,9H2,1-4H3. The molecule has 6 heteroatoms. The maximum Gasteiger partial charge on any atom is 0.244 e. The van der Waals surface area contributed by atoms with Crippen LogP contribution in [0.3, 0.4) is 0 Å². The van der Waals surface area contributed by atoms with Crippen LogP contribution in [0.5, 0.6) is 0 Å². The molecule has 1 unspecified atom stereocenters. The van der Waals surface area contributed by atoms with Gasteiger partial charge in [0.2, 0.25) is 10.0 Å². The summed E-state index contributed by atoms with van der Waals surface area (Å²) in [5, 5.41) is 3.05. The second kappa shape index (κ2) is 5.71. The number of nitrogens with zero attached hydrogens (tertiary/aromatic N) is 1. The maximum absolute atomic E-state index is 12.9. The van der Waals surface area contributed by atoms with Crippen molar-refractivity contribution >= 4 is 15.7 Å². The van der Waals surface area contributed by atoms with E-state index in [9.17, 15) is 8.42 Å². The number of rotatable bonds is 3. The number of nitrogens with one attached hydrogen (secondary N) is 1.